The van der Waals surface area contributed by atoms with E-state index in [2.05, 4.69) is 5.32 Å². The fourth-order valence-electron chi connectivity index (χ4n) is 2.68. The summed E-state index contributed by atoms with van der Waals surface area (Å²) in [6.45, 7) is 3.98. The van der Waals surface area contributed by atoms with Gasteiger partial charge in [-0.2, -0.15) is 0 Å². The van der Waals surface area contributed by atoms with Gasteiger partial charge in [0.1, 0.15) is 11.9 Å². The van der Waals surface area contributed by atoms with Gasteiger partial charge in [-0.15, -0.1) is 11.8 Å². The summed E-state index contributed by atoms with van der Waals surface area (Å²) in [5.41, 5.74) is 1.40. The number of hydrogen-bond acceptors (Lipinski definition) is 3. The van der Waals surface area contributed by atoms with Crippen LogP contribution in [0.5, 0.6) is 0 Å². The first-order chi connectivity index (χ1) is 13.4. The SMILES string of the molecule is CCNC(=O)C(C)N(Cc1ccccc1F)C(=O)CSCc1cccc(Cl)c1. The number of nitrogens with one attached hydrogen (secondary N) is 1. The molecule has 0 spiro atoms. The molecule has 4 nitrogen and oxygen atoms in total. The van der Waals surface area contributed by atoms with E-state index in [9.17, 15) is 14.0 Å². The lowest BCUT2D eigenvalue weighted by molar-refractivity contribution is -0.138. The average Bonchev–Trinajstić information content (AvgIpc) is 2.67. The lowest BCUT2D eigenvalue weighted by atomic mass is 10.1. The van der Waals surface area contributed by atoms with E-state index >= 15 is 0 Å². The predicted octanol–water partition coefficient (Wildman–Crippen LogP) is 4.27. The Morgan fingerprint density at radius 3 is 2.64 bits per heavy atom. The number of nitrogens with zero attached hydrogens (tertiary/aromatic N) is 1. The normalized spacial score (nSPS) is 11.7. The van der Waals surface area contributed by atoms with Gasteiger partial charge in [0, 0.05) is 29.4 Å². The van der Waals surface area contributed by atoms with Gasteiger partial charge in [-0.25, -0.2) is 4.39 Å². The first kappa shape index (κ1) is 22.2. The summed E-state index contributed by atoms with van der Waals surface area (Å²) >= 11 is 7.42. The van der Waals surface area contributed by atoms with Crippen molar-refractivity contribution in [1.82, 2.24) is 10.2 Å². The molecule has 0 fully saturated rings. The fraction of sp³-hybridized carbons (Fsp3) is 0.333. The first-order valence-corrected chi connectivity index (χ1v) is 10.6. The van der Waals surface area contributed by atoms with E-state index in [1.807, 2.05) is 25.1 Å². The van der Waals surface area contributed by atoms with Crippen LogP contribution in [0, 0.1) is 5.82 Å². The highest BCUT2D eigenvalue weighted by molar-refractivity contribution is 7.99. The Kier molecular flexibility index (Phi) is 8.80. The number of amides is 2. The number of halogens is 2. The maximum atomic E-state index is 14.1. The summed E-state index contributed by atoms with van der Waals surface area (Å²) < 4.78 is 14.1. The molecule has 0 bridgehead atoms. The zero-order valence-electron chi connectivity index (χ0n) is 16.0. The molecule has 28 heavy (non-hydrogen) atoms. The Balaban J connectivity index is 2.07. The second-order valence-corrected chi connectivity index (χ2v) is 7.73. The van der Waals surface area contributed by atoms with Crippen LogP contribution in [0.3, 0.4) is 0 Å². The summed E-state index contributed by atoms with van der Waals surface area (Å²) in [6, 6.07) is 13.0. The van der Waals surface area contributed by atoms with Crippen molar-refractivity contribution in [3.63, 3.8) is 0 Å². The van der Waals surface area contributed by atoms with Crippen molar-refractivity contribution >= 4 is 35.2 Å². The molecule has 2 aromatic carbocycles. The highest BCUT2D eigenvalue weighted by atomic mass is 35.5. The molecule has 1 unspecified atom stereocenters. The van der Waals surface area contributed by atoms with Crippen molar-refractivity contribution in [2.24, 2.45) is 0 Å². The third-order valence-corrected chi connectivity index (χ3v) is 5.42. The summed E-state index contributed by atoms with van der Waals surface area (Å²) in [5.74, 6) is -0.0591. The van der Waals surface area contributed by atoms with Crippen LogP contribution in [0.25, 0.3) is 0 Å². The molecule has 0 aliphatic rings. The molecule has 0 heterocycles. The smallest absolute Gasteiger partial charge is 0.242 e. The second kappa shape index (κ2) is 11.1. The van der Waals surface area contributed by atoms with Gasteiger partial charge in [-0.1, -0.05) is 41.9 Å². The average molecular weight is 423 g/mol. The van der Waals surface area contributed by atoms with E-state index in [-0.39, 0.29) is 24.1 Å². The molecule has 2 amide bonds. The minimum Gasteiger partial charge on any atom is -0.355 e. The van der Waals surface area contributed by atoms with Crippen LogP contribution in [-0.4, -0.2) is 35.1 Å². The van der Waals surface area contributed by atoms with Crippen LogP contribution in [0.4, 0.5) is 4.39 Å². The molecular weight excluding hydrogens is 399 g/mol. The van der Waals surface area contributed by atoms with Crippen LogP contribution in [0.2, 0.25) is 5.02 Å². The van der Waals surface area contributed by atoms with Gasteiger partial charge in [0.2, 0.25) is 11.8 Å². The monoisotopic (exact) mass is 422 g/mol. The molecule has 1 atom stereocenters. The Morgan fingerprint density at radius 2 is 1.96 bits per heavy atom. The van der Waals surface area contributed by atoms with E-state index in [0.717, 1.165) is 5.56 Å². The zero-order chi connectivity index (χ0) is 20.5. The third kappa shape index (κ3) is 6.53. The van der Waals surface area contributed by atoms with Gasteiger partial charge in [0.05, 0.1) is 5.75 Å². The van der Waals surface area contributed by atoms with E-state index in [4.69, 9.17) is 11.6 Å². The predicted molar refractivity (Wildman–Crippen MR) is 113 cm³/mol. The summed E-state index contributed by atoms with van der Waals surface area (Å²) in [5, 5.41) is 3.37. The van der Waals surface area contributed by atoms with Gasteiger partial charge in [-0.05, 0) is 37.6 Å². The maximum absolute atomic E-state index is 14.1. The highest BCUT2D eigenvalue weighted by Crippen LogP contribution is 2.19. The minimum absolute atomic E-state index is 0.0432. The molecule has 0 aliphatic heterocycles. The van der Waals surface area contributed by atoms with E-state index in [0.29, 0.717) is 22.9 Å². The van der Waals surface area contributed by atoms with Crippen LogP contribution in [-0.2, 0) is 21.9 Å². The topological polar surface area (TPSA) is 49.4 Å². The molecule has 0 radical (unpaired) electrons. The largest absolute Gasteiger partial charge is 0.355 e. The number of hydrogen-bond donors (Lipinski definition) is 1. The lowest BCUT2D eigenvalue weighted by Gasteiger charge is -2.28. The zero-order valence-corrected chi connectivity index (χ0v) is 17.5. The summed E-state index contributed by atoms with van der Waals surface area (Å²) in [6.07, 6.45) is 0. The Morgan fingerprint density at radius 1 is 1.21 bits per heavy atom. The molecule has 1 N–H and O–H groups in total. The highest BCUT2D eigenvalue weighted by Gasteiger charge is 2.26. The molecular formula is C21H24ClFN2O2S. The minimum atomic E-state index is -0.696. The molecule has 7 heteroatoms. The first-order valence-electron chi connectivity index (χ1n) is 9.05. The van der Waals surface area contributed by atoms with Crippen LogP contribution in [0.15, 0.2) is 48.5 Å². The standard InChI is InChI=1S/C21H24ClFN2O2S/c1-3-24-21(27)15(2)25(12-17-8-4-5-10-19(17)23)20(26)14-28-13-16-7-6-9-18(22)11-16/h4-11,15H,3,12-14H2,1-2H3,(H,24,27). The summed E-state index contributed by atoms with van der Waals surface area (Å²) in [4.78, 5) is 26.5. The van der Waals surface area contributed by atoms with Crippen molar-refractivity contribution in [2.45, 2.75) is 32.2 Å². The molecule has 2 rings (SSSR count). The lowest BCUT2D eigenvalue weighted by Crippen LogP contribution is -2.48. The molecule has 0 aliphatic carbocycles. The van der Waals surface area contributed by atoms with E-state index < -0.39 is 11.9 Å². The summed E-state index contributed by atoms with van der Waals surface area (Å²) in [7, 11) is 0. The number of thioether (sulfide) groups is 1. The van der Waals surface area contributed by atoms with E-state index in [1.54, 1.807) is 31.2 Å². The van der Waals surface area contributed by atoms with Gasteiger partial charge in [0.15, 0.2) is 0 Å². The Hall–Kier alpha value is -2.05. The van der Waals surface area contributed by atoms with Gasteiger partial charge < -0.3 is 10.2 Å². The Bertz CT molecular complexity index is 818. The molecule has 2 aromatic rings. The van der Waals surface area contributed by atoms with Crippen molar-refractivity contribution in [3.05, 3.63) is 70.5 Å². The number of likely N-dealkylation sites (N-methyl/N-ethyl adjacent to an activating group) is 1. The molecule has 150 valence electrons. The number of rotatable bonds is 9. The quantitative estimate of drug-likeness (QED) is 0.656. The van der Waals surface area contributed by atoms with Crippen molar-refractivity contribution in [1.29, 1.82) is 0 Å². The fourth-order valence-corrected chi connectivity index (χ4v) is 3.75. The van der Waals surface area contributed by atoms with Crippen molar-refractivity contribution < 1.29 is 14.0 Å². The Labute approximate surface area is 174 Å². The van der Waals surface area contributed by atoms with Crippen molar-refractivity contribution in [2.75, 3.05) is 12.3 Å². The molecule has 0 saturated heterocycles. The number of benzene rings is 2. The van der Waals surface area contributed by atoms with Gasteiger partial charge in [-0.3, -0.25) is 9.59 Å². The van der Waals surface area contributed by atoms with E-state index in [1.165, 1.54) is 22.7 Å². The van der Waals surface area contributed by atoms with Gasteiger partial charge >= 0.3 is 0 Å². The van der Waals surface area contributed by atoms with Crippen LogP contribution in [0.1, 0.15) is 25.0 Å². The van der Waals surface area contributed by atoms with Gasteiger partial charge in [0.25, 0.3) is 0 Å². The van der Waals surface area contributed by atoms with Crippen molar-refractivity contribution in [3.8, 4) is 0 Å². The third-order valence-electron chi connectivity index (χ3n) is 4.20. The number of carbonyl (C=O) groups is 2. The second-order valence-electron chi connectivity index (χ2n) is 6.31. The maximum Gasteiger partial charge on any atom is 0.242 e. The molecule has 0 aromatic heterocycles. The van der Waals surface area contributed by atoms with Crippen LogP contribution >= 0.6 is 23.4 Å². The van der Waals surface area contributed by atoms with Crippen LogP contribution < -0.4 is 5.32 Å². The number of carbonyl (C=O) groups excluding carboxylic acids is 2. The molecule has 0 saturated carbocycles.